The van der Waals surface area contributed by atoms with Crippen LogP contribution in [0.3, 0.4) is 0 Å². The van der Waals surface area contributed by atoms with Crippen molar-refractivity contribution in [1.29, 1.82) is 0 Å². The van der Waals surface area contributed by atoms with Gasteiger partial charge in [-0.25, -0.2) is 0 Å². The summed E-state index contributed by atoms with van der Waals surface area (Å²) in [5, 5.41) is 0. The number of rotatable bonds is 3. The maximum absolute atomic E-state index is 12.2. The van der Waals surface area contributed by atoms with E-state index in [1.165, 1.54) is 0 Å². The predicted octanol–water partition coefficient (Wildman–Crippen LogP) is 4.55. The Morgan fingerprint density at radius 3 is 2.00 bits per heavy atom. The molecule has 17 heavy (non-hydrogen) atoms. The standard InChI is InChI=1S/C13H16Br2O2/c1-12(2,3)11(16)13(4,15)17-10-7-5-9(14)6-8-10/h5-8H,1-4H3. The summed E-state index contributed by atoms with van der Waals surface area (Å²) in [6.45, 7) is 7.35. The smallest absolute Gasteiger partial charge is 0.218 e. The Morgan fingerprint density at radius 1 is 1.12 bits per heavy atom. The van der Waals surface area contributed by atoms with E-state index >= 15 is 0 Å². The SMILES string of the molecule is CC(C)(C)C(=O)C(C)(Br)Oc1ccc(Br)cc1. The topological polar surface area (TPSA) is 26.3 Å². The number of halogens is 2. The van der Waals surface area contributed by atoms with Gasteiger partial charge in [0.1, 0.15) is 5.75 Å². The van der Waals surface area contributed by atoms with Crippen molar-refractivity contribution < 1.29 is 9.53 Å². The lowest BCUT2D eigenvalue weighted by molar-refractivity contribution is -0.134. The Balaban J connectivity index is 2.86. The minimum atomic E-state index is -1.00. The van der Waals surface area contributed by atoms with Crippen molar-refractivity contribution in [3.05, 3.63) is 28.7 Å². The number of alkyl halides is 1. The van der Waals surface area contributed by atoms with E-state index in [1.807, 2.05) is 45.0 Å². The van der Waals surface area contributed by atoms with E-state index in [-0.39, 0.29) is 5.78 Å². The molecule has 2 nitrogen and oxygen atoms in total. The van der Waals surface area contributed by atoms with Gasteiger partial charge in [-0.05, 0) is 47.1 Å². The lowest BCUT2D eigenvalue weighted by Crippen LogP contribution is -2.42. The highest BCUT2D eigenvalue weighted by Gasteiger charge is 2.39. The molecule has 0 aliphatic rings. The van der Waals surface area contributed by atoms with Gasteiger partial charge in [0.2, 0.25) is 4.51 Å². The molecule has 0 aliphatic carbocycles. The molecule has 0 aliphatic heterocycles. The Hall–Kier alpha value is -0.350. The van der Waals surface area contributed by atoms with Crippen molar-refractivity contribution in [2.24, 2.45) is 5.41 Å². The van der Waals surface area contributed by atoms with Crippen LogP contribution in [0.2, 0.25) is 0 Å². The van der Waals surface area contributed by atoms with E-state index < -0.39 is 9.93 Å². The molecule has 1 atom stereocenters. The molecule has 1 unspecified atom stereocenters. The van der Waals surface area contributed by atoms with Crippen molar-refractivity contribution >= 4 is 37.6 Å². The average Bonchev–Trinajstić information content (AvgIpc) is 2.19. The van der Waals surface area contributed by atoms with Crippen LogP contribution in [0.1, 0.15) is 27.7 Å². The van der Waals surface area contributed by atoms with E-state index in [2.05, 4.69) is 31.9 Å². The molecule has 0 amide bonds. The van der Waals surface area contributed by atoms with E-state index in [0.717, 1.165) is 4.47 Å². The maximum atomic E-state index is 12.2. The molecule has 0 saturated heterocycles. The van der Waals surface area contributed by atoms with E-state index in [9.17, 15) is 4.79 Å². The fourth-order valence-corrected chi connectivity index (χ4v) is 2.49. The molecule has 0 heterocycles. The summed E-state index contributed by atoms with van der Waals surface area (Å²) in [7, 11) is 0. The number of Topliss-reactive ketones (excluding diaryl/α,β-unsaturated/α-hetero) is 1. The number of ether oxygens (including phenoxy) is 1. The Morgan fingerprint density at radius 2 is 1.59 bits per heavy atom. The van der Waals surface area contributed by atoms with Gasteiger partial charge in [-0.2, -0.15) is 0 Å². The zero-order valence-electron chi connectivity index (χ0n) is 10.4. The average molecular weight is 364 g/mol. The number of hydrogen-bond acceptors (Lipinski definition) is 2. The molecular weight excluding hydrogens is 348 g/mol. The summed E-state index contributed by atoms with van der Waals surface area (Å²) in [5.41, 5.74) is -0.451. The normalized spacial score (nSPS) is 15.2. The van der Waals surface area contributed by atoms with Gasteiger partial charge in [0.15, 0.2) is 5.78 Å². The second kappa shape index (κ2) is 5.11. The van der Waals surface area contributed by atoms with Crippen molar-refractivity contribution in [1.82, 2.24) is 0 Å². The zero-order valence-corrected chi connectivity index (χ0v) is 13.6. The highest BCUT2D eigenvalue weighted by atomic mass is 79.9. The Kier molecular flexibility index (Phi) is 4.42. The van der Waals surface area contributed by atoms with E-state index in [0.29, 0.717) is 5.75 Å². The summed E-state index contributed by atoms with van der Waals surface area (Å²) in [5.74, 6) is 0.665. The number of carbonyl (C=O) groups is 1. The minimum absolute atomic E-state index is 0.00733. The van der Waals surface area contributed by atoms with Gasteiger partial charge in [-0.1, -0.05) is 36.7 Å². The molecule has 0 saturated carbocycles. The molecule has 1 aromatic carbocycles. The zero-order chi connectivity index (χ0) is 13.3. The summed E-state index contributed by atoms with van der Waals surface area (Å²) < 4.78 is 5.67. The molecule has 0 bridgehead atoms. The quantitative estimate of drug-likeness (QED) is 0.736. The molecule has 0 fully saturated rings. The number of benzene rings is 1. The minimum Gasteiger partial charge on any atom is -0.469 e. The largest absolute Gasteiger partial charge is 0.469 e. The van der Waals surface area contributed by atoms with Crippen molar-refractivity contribution in [3.8, 4) is 5.75 Å². The van der Waals surface area contributed by atoms with Crippen LogP contribution >= 0.6 is 31.9 Å². The van der Waals surface area contributed by atoms with E-state index in [1.54, 1.807) is 6.92 Å². The van der Waals surface area contributed by atoms with Gasteiger partial charge in [0, 0.05) is 9.89 Å². The second-order valence-corrected chi connectivity index (χ2v) is 7.48. The highest BCUT2D eigenvalue weighted by Crippen LogP contribution is 2.32. The van der Waals surface area contributed by atoms with Crippen LogP contribution in [-0.4, -0.2) is 10.3 Å². The van der Waals surface area contributed by atoms with Crippen molar-refractivity contribution in [2.45, 2.75) is 32.2 Å². The first-order chi connectivity index (χ1) is 7.63. The van der Waals surface area contributed by atoms with Gasteiger partial charge in [0.05, 0.1) is 0 Å². The Bertz CT molecular complexity index is 402. The third-order valence-electron chi connectivity index (χ3n) is 2.21. The van der Waals surface area contributed by atoms with Crippen LogP contribution in [-0.2, 0) is 4.79 Å². The monoisotopic (exact) mass is 362 g/mol. The lowest BCUT2D eigenvalue weighted by atomic mass is 9.88. The van der Waals surface area contributed by atoms with Gasteiger partial charge < -0.3 is 4.74 Å². The van der Waals surface area contributed by atoms with Crippen LogP contribution in [0.25, 0.3) is 0 Å². The van der Waals surface area contributed by atoms with Crippen molar-refractivity contribution in [3.63, 3.8) is 0 Å². The molecular formula is C13H16Br2O2. The predicted molar refractivity (Wildman–Crippen MR) is 76.6 cm³/mol. The fraction of sp³-hybridized carbons (Fsp3) is 0.462. The van der Waals surface area contributed by atoms with Crippen LogP contribution in [0.5, 0.6) is 5.75 Å². The van der Waals surface area contributed by atoms with Crippen LogP contribution < -0.4 is 4.74 Å². The molecule has 1 aromatic rings. The first kappa shape index (κ1) is 14.7. The summed E-state index contributed by atoms with van der Waals surface area (Å²) in [6, 6.07) is 7.39. The van der Waals surface area contributed by atoms with Crippen LogP contribution in [0, 0.1) is 5.41 Å². The molecule has 0 aromatic heterocycles. The molecule has 0 N–H and O–H groups in total. The molecule has 0 spiro atoms. The molecule has 4 heteroatoms. The Labute approximate surface area is 119 Å². The van der Waals surface area contributed by atoms with Crippen LogP contribution in [0.4, 0.5) is 0 Å². The fourth-order valence-electron chi connectivity index (χ4n) is 1.44. The number of ketones is 1. The third kappa shape index (κ3) is 4.11. The third-order valence-corrected chi connectivity index (χ3v) is 3.26. The summed E-state index contributed by atoms with van der Waals surface area (Å²) >= 11 is 6.71. The second-order valence-electron chi connectivity index (χ2n) is 5.05. The molecule has 0 radical (unpaired) electrons. The molecule has 94 valence electrons. The first-order valence-corrected chi connectivity index (χ1v) is 6.90. The summed E-state index contributed by atoms with van der Waals surface area (Å²) in [4.78, 5) is 12.2. The van der Waals surface area contributed by atoms with E-state index in [4.69, 9.17) is 4.74 Å². The van der Waals surface area contributed by atoms with Gasteiger partial charge in [-0.3, -0.25) is 4.79 Å². The van der Waals surface area contributed by atoms with Gasteiger partial charge in [-0.15, -0.1) is 0 Å². The number of carbonyl (C=O) groups excluding carboxylic acids is 1. The molecule has 1 rings (SSSR count). The summed E-state index contributed by atoms with van der Waals surface area (Å²) in [6.07, 6.45) is 0. The first-order valence-electron chi connectivity index (χ1n) is 5.31. The van der Waals surface area contributed by atoms with Crippen molar-refractivity contribution in [2.75, 3.05) is 0 Å². The highest BCUT2D eigenvalue weighted by molar-refractivity contribution is 9.10. The maximum Gasteiger partial charge on any atom is 0.218 e. The van der Waals surface area contributed by atoms with Crippen LogP contribution in [0.15, 0.2) is 28.7 Å². The van der Waals surface area contributed by atoms with Gasteiger partial charge in [0.25, 0.3) is 0 Å². The number of hydrogen-bond donors (Lipinski definition) is 0. The van der Waals surface area contributed by atoms with Gasteiger partial charge >= 0.3 is 0 Å². The lowest BCUT2D eigenvalue weighted by Gasteiger charge is -2.29.